The van der Waals surface area contributed by atoms with Gasteiger partial charge >= 0.3 is 5.97 Å². The van der Waals surface area contributed by atoms with Gasteiger partial charge < -0.3 is 15.5 Å². The van der Waals surface area contributed by atoms with Crippen LogP contribution in [0.2, 0.25) is 0 Å². The van der Waals surface area contributed by atoms with Crippen molar-refractivity contribution in [3.05, 3.63) is 29.8 Å². The maximum atomic E-state index is 11.5. The summed E-state index contributed by atoms with van der Waals surface area (Å²) in [5, 5.41) is 22.5. The largest absolute Gasteiger partial charge is 0.508 e. The van der Waals surface area contributed by atoms with E-state index in [0.29, 0.717) is 12.5 Å². The summed E-state index contributed by atoms with van der Waals surface area (Å²) >= 11 is 0. The fourth-order valence-corrected chi connectivity index (χ4v) is 3.50. The summed E-state index contributed by atoms with van der Waals surface area (Å²) in [4.78, 5) is 11.5. The minimum Gasteiger partial charge on any atom is -0.508 e. The molecule has 0 aliphatic carbocycles. The van der Waals surface area contributed by atoms with Crippen LogP contribution in [0.4, 0.5) is 0 Å². The Bertz CT molecular complexity index is 474. The maximum absolute atomic E-state index is 11.5. The van der Waals surface area contributed by atoms with Gasteiger partial charge in [-0.15, -0.1) is 0 Å². The van der Waals surface area contributed by atoms with Crippen molar-refractivity contribution in [2.45, 2.75) is 37.3 Å². The van der Waals surface area contributed by atoms with Crippen molar-refractivity contribution in [3.63, 3.8) is 0 Å². The fourth-order valence-electron chi connectivity index (χ4n) is 3.50. The van der Waals surface area contributed by atoms with Gasteiger partial charge in [0, 0.05) is 18.0 Å². The summed E-state index contributed by atoms with van der Waals surface area (Å²) in [6, 6.07) is 7.59. The van der Waals surface area contributed by atoms with Crippen LogP contribution in [-0.2, 0) is 4.79 Å². The third-order valence-electron chi connectivity index (χ3n) is 4.25. The lowest BCUT2D eigenvalue weighted by Gasteiger charge is -2.35. The highest BCUT2D eigenvalue weighted by Crippen LogP contribution is 2.42. The molecule has 4 atom stereocenters. The lowest BCUT2D eigenvalue weighted by molar-refractivity contribution is -0.143. The van der Waals surface area contributed by atoms with Crippen LogP contribution >= 0.6 is 0 Å². The second-order valence-corrected chi connectivity index (χ2v) is 5.35. The average molecular weight is 247 g/mol. The first kappa shape index (κ1) is 11.5. The number of aromatic hydroxyl groups is 1. The zero-order valence-corrected chi connectivity index (χ0v) is 10.0. The second kappa shape index (κ2) is 4.28. The van der Waals surface area contributed by atoms with Gasteiger partial charge in [-0.3, -0.25) is 4.79 Å². The van der Waals surface area contributed by atoms with E-state index >= 15 is 0 Å². The van der Waals surface area contributed by atoms with Gasteiger partial charge in [-0.2, -0.15) is 0 Å². The van der Waals surface area contributed by atoms with E-state index in [1.165, 1.54) is 0 Å². The van der Waals surface area contributed by atoms with E-state index in [9.17, 15) is 15.0 Å². The molecule has 4 heteroatoms. The van der Waals surface area contributed by atoms with Crippen molar-refractivity contribution in [2.75, 3.05) is 0 Å². The molecule has 0 spiro atoms. The molecule has 0 saturated carbocycles. The average Bonchev–Trinajstić information content (AvgIpc) is 2.70. The highest BCUT2D eigenvalue weighted by Gasteiger charge is 2.45. The molecule has 3 N–H and O–H groups in total. The van der Waals surface area contributed by atoms with Crippen LogP contribution in [0.1, 0.15) is 30.7 Å². The molecular formula is C14H17NO3. The molecule has 4 nitrogen and oxygen atoms in total. The fraction of sp³-hybridized carbons (Fsp3) is 0.500. The maximum Gasteiger partial charge on any atom is 0.307 e. The number of aliphatic carboxylic acids is 1. The minimum atomic E-state index is -0.721. The first-order valence-electron chi connectivity index (χ1n) is 6.43. The summed E-state index contributed by atoms with van der Waals surface area (Å²) in [6.07, 6.45) is 2.77. The summed E-state index contributed by atoms with van der Waals surface area (Å²) in [7, 11) is 0. The number of carboxylic acids is 1. The molecular weight excluding hydrogens is 230 g/mol. The first-order valence-corrected chi connectivity index (χ1v) is 6.43. The van der Waals surface area contributed by atoms with Crippen molar-refractivity contribution in [1.82, 2.24) is 5.32 Å². The van der Waals surface area contributed by atoms with E-state index < -0.39 is 5.97 Å². The molecule has 0 radical (unpaired) electrons. The quantitative estimate of drug-likeness (QED) is 0.744. The predicted molar refractivity (Wildman–Crippen MR) is 66.5 cm³/mol. The number of carboxylic acid groups (broad SMARTS) is 1. The highest BCUT2D eigenvalue weighted by atomic mass is 16.4. The number of fused-ring (bicyclic) bond motifs is 2. The minimum absolute atomic E-state index is 0.0339. The molecule has 1 aromatic carbocycles. The van der Waals surface area contributed by atoms with Crippen molar-refractivity contribution in [2.24, 2.45) is 5.92 Å². The van der Waals surface area contributed by atoms with Gasteiger partial charge in [0.25, 0.3) is 0 Å². The van der Waals surface area contributed by atoms with E-state index in [1.807, 2.05) is 6.07 Å². The van der Waals surface area contributed by atoms with Crippen molar-refractivity contribution in [1.29, 1.82) is 0 Å². The smallest absolute Gasteiger partial charge is 0.307 e. The SMILES string of the molecule is O=C(O)[C@H]1C[C@@H]2CC[C@@H](N2)[C@H]1c1cccc(O)c1. The highest BCUT2D eigenvalue weighted by molar-refractivity contribution is 5.72. The van der Waals surface area contributed by atoms with Crippen LogP contribution in [0.15, 0.2) is 24.3 Å². The standard InChI is InChI=1S/C14H17NO3/c16-10-3-1-2-8(6-10)13-11(14(17)18)7-9-4-5-12(13)15-9/h1-3,6,9,11-13,15-16H,4-5,7H2,(H,17,18)/t9-,11-,12+,13-/m0/s1. The predicted octanol–water partition coefficient (Wildman–Crippen LogP) is 1.70. The van der Waals surface area contributed by atoms with Crippen LogP contribution in [0.3, 0.4) is 0 Å². The van der Waals surface area contributed by atoms with Crippen LogP contribution in [0, 0.1) is 5.92 Å². The van der Waals surface area contributed by atoms with Crippen molar-refractivity contribution in [3.8, 4) is 5.75 Å². The Kier molecular flexibility index (Phi) is 2.74. The third-order valence-corrected chi connectivity index (χ3v) is 4.25. The zero-order valence-electron chi connectivity index (χ0n) is 10.0. The molecule has 0 amide bonds. The zero-order chi connectivity index (χ0) is 12.7. The Morgan fingerprint density at radius 3 is 2.89 bits per heavy atom. The van der Waals surface area contributed by atoms with E-state index in [-0.39, 0.29) is 23.6 Å². The van der Waals surface area contributed by atoms with Gasteiger partial charge in [-0.1, -0.05) is 12.1 Å². The molecule has 0 unspecified atom stereocenters. The first-order chi connectivity index (χ1) is 8.65. The molecule has 3 rings (SSSR count). The molecule has 2 saturated heterocycles. The van der Waals surface area contributed by atoms with Gasteiger partial charge in [-0.05, 0) is 37.0 Å². The number of hydrogen-bond donors (Lipinski definition) is 3. The molecule has 96 valence electrons. The van der Waals surface area contributed by atoms with Crippen LogP contribution in [0.25, 0.3) is 0 Å². The molecule has 2 aliphatic rings. The van der Waals surface area contributed by atoms with Gasteiger partial charge in [0.1, 0.15) is 5.75 Å². The van der Waals surface area contributed by atoms with E-state index in [2.05, 4.69) is 5.32 Å². The molecule has 2 bridgehead atoms. The summed E-state index contributed by atoms with van der Waals surface area (Å²) in [6.45, 7) is 0. The Labute approximate surface area is 106 Å². The van der Waals surface area contributed by atoms with E-state index in [1.54, 1.807) is 18.2 Å². The van der Waals surface area contributed by atoms with Crippen molar-refractivity contribution >= 4 is 5.97 Å². The molecule has 2 fully saturated rings. The molecule has 18 heavy (non-hydrogen) atoms. The molecule has 0 aromatic heterocycles. The second-order valence-electron chi connectivity index (χ2n) is 5.35. The summed E-state index contributed by atoms with van der Waals surface area (Å²) in [5.74, 6) is -0.891. The van der Waals surface area contributed by atoms with Gasteiger partial charge in [-0.25, -0.2) is 0 Å². The lowest BCUT2D eigenvalue weighted by atomic mass is 9.77. The Morgan fingerprint density at radius 2 is 2.17 bits per heavy atom. The number of hydrogen-bond acceptors (Lipinski definition) is 3. The lowest BCUT2D eigenvalue weighted by Crippen LogP contribution is -2.46. The number of rotatable bonds is 2. The number of benzene rings is 1. The van der Waals surface area contributed by atoms with Gasteiger partial charge in [0.15, 0.2) is 0 Å². The number of phenols is 1. The number of carbonyl (C=O) groups is 1. The Hall–Kier alpha value is -1.55. The van der Waals surface area contributed by atoms with E-state index in [0.717, 1.165) is 18.4 Å². The normalized spacial score (nSPS) is 34.4. The third kappa shape index (κ3) is 1.86. The van der Waals surface area contributed by atoms with Crippen LogP contribution in [0.5, 0.6) is 5.75 Å². The summed E-state index contributed by atoms with van der Waals surface area (Å²) < 4.78 is 0. The molecule has 2 aliphatic heterocycles. The van der Waals surface area contributed by atoms with Crippen molar-refractivity contribution < 1.29 is 15.0 Å². The number of phenolic OH excluding ortho intramolecular Hbond substituents is 1. The van der Waals surface area contributed by atoms with Crippen LogP contribution < -0.4 is 5.32 Å². The topological polar surface area (TPSA) is 69.6 Å². The van der Waals surface area contributed by atoms with Crippen LogP contribution in [-0.4, -0.2) is 28.3 Å². The van der Waals surface area contributed by atoms with Gasteiger partial charge in [0.05, 0.1) is 5.92 Å². The van der Waals surface area contributed by atoms with Gasteiger partial charge in [0.2, 0.25) is 0 Å². The van der Waals surface area contributed by atoms with E-state index in [4.69, 9.17) is 0 Å². The summed E-state index contributed by atoms with van der Waals surface area (Å²) in [5.41, 5.74) is 0.931. The number of piperidine rings is 1. The Balaban J connectivity index is 1.98. The molecule has 1 aromatic rings. The monoisotopic (exact) mass is 247 g/mol. The number of nitrogens with one attached hydrogen (secondary N) is 1. The Morgan fingerprint density at radius 1 is 1.33 bits per heavy atom. The molecule has 2 heterocycles.